The minimum atomic E-state index is -4.39. The molecular weight excluding hydrogens is 341 g/mol. The van der Waals surface area contributed by atoms with Crippen molar-refractivity contribution in [2.45, 2.75) is 42.6 Å². The quantitative estimate of drug-likeness (QED) is 0.779. The summed E-state index contributed by atoms with van der Waals surface area (Å²) in [5, 5.41) is -0.361. The van der Waals surface area contributed by atoms with Gasteiger partial charge in [0.05, 0.1) is 11.9 Å². The Kier molecular flexibility index (Phi) is 4.58. The molecule has 2 atom stereocenters. The first-order valence-corrected chi connectivity index (χ1v) is 8.26. The third-order valence-corrected chi connectivity index (χ3v) is 4.81. The number of benzene rings is 1. The molecule has 4 nitrogen and oxygen atoms in total. The highest BCUT2D eigenvalue weighted by atomic mass is 32.2. The lowest BCUT2D eigenvalue weighted by Crippen LogP contribution is -2.20. The third-order valence-electron chi connectivity index (χ3n) is 3.60. The number of nitrogens with zero attached hydrogens (tertiary/aromatic N) is 2. The first-order valence-electron chi connectivity index (χ1n) is 7.38. The van der Waals surface area contributed by atoms with Crippen molar-refractivity contribution >= 4 is 17.7 Å². The molecule has 0 bridgehead atoms. The maximum Gasteiger partial charge on any atom is 0.406 e. The minimum Gasteiger partial charge on any atom is -0.462 e. The summed E-state index contributed by atoms with van der Waals surface area (Å²) in [5.74, 6) is -0.407. The Morgan fingerprint density at radius 1 is 1.33 bits per heavy atom. The number of alkyl halides is 3. The molecule has 0 amide bonds. The Morgan fingerprint density at radius 2 is 2.04 bits per heavy atom. The van der Waals surface area contributed by atoms with Gasteiger partial charge in [-0.05, 0) is 12.5 Å². The monoisotopic (exact) mass is 356 g/mol. The van der Waals surface area contributed by atoms with Crippen LogP contribution in [0.5, 0.6) is 0 Å². The molecule has 24 heavy (non-hydrogen) atoms. The van der Waals surface area contributed by atoms with Crippen LogP contribution in [0.25, 0.3) is 11.3 Å². The van der Waals surface area contributed by atoms with Gasteiger partial charge in [-0.15, -0.1) is 0 Å². The summed E-state index contributed by atoms with van der Waals surface area (Å²) in [4.78, 5) is 15.9. The molecule has 0 N–H and O–H groups in total. The minimum absolute atomic E-state index is 0.169. The van der Waals surface area contributed by atoms with Gasteiger partial charge in [-0.3, -0.25) is 4.79 Å². The summed E-state index contributed by atoms with van der Waals surface area (Å²) in [6, 6.07) is 8.75. The number of hydrogen-bond acceptors (Lipinski definition) is 4. The predicted octanol–water partition coefficient (Wildman–Crippen LogP) is 3.91. The van der Waals surface area contributed by atoms with Crippen molar-refractivity contribution in [2.75, 3.05) is 0 Å². The topological polar surface area (TPSA) is 44.1 Å². The zero-order chi connectivity index (χ0) is 17.3. The van der Waals surface area contributed by atoms with Crippen LogP contribution in [-0.2, 0) is 16.1 Å². The van der Waals surface area contributed by atoms with Crippen LogP contribution in [0.15, 0.2) is 41.7 Å². The lowest BCUT2D eigenvalue weighted by atomic mass is 10.2. The van der Waals surface area contributed by atoms with E-state index in [-0.39, 0.29) is 11.3 Å². The summed E-state index contributed by atoms with van der Waals surface area (Å²) in [6.45, 7) is 0.604. The average Bonchev–Trinajstić information content (AvgIpc) is 3.02. The van der Waals surface area contributed by atoms with Crippen molar-refractivity contribution in [3.8, 4) is 11.3 Å². The number of rotatable bonds is 4. The van der Waals surface area contributed by atoms with Crippen molar-refractivity contribution in [1.29, 1.82) is 0 Å². The Balaban J connectivity index is 1.94. The Hall–Kier alpha value is -1.96. The number of carbonyl (C=O) groups is 1. The molecule has 0 radical (unpaired) electrons. The Morgan fingerprint density at radius 3 is 2.62 bits per heavy atom. The van der Waals surface area contributed by atoms with E-state index in [2.05, 4.69) is 4.98 Å². The molecule has 1 saturated heterocycles. The van der Waals surface area contributed by atoms with E-state index < -0.39 is 23.9 Å². The van der Waals surface area contributed by atoms with Gasteiger partial charge in [-0.1, -0.05) is 42.1 Å². The maximum absolute atomic E-state index is 13.0. The fourth-order valence-corrected chi connectivity index (χ4v) is 3.74. The number of carbonyl (C=O) groups excluding carboxylic acids is 1. The number of halogens is 3. The number of hydrogen-bond donors (Lipinski definition) is 0. The summed E-state index contributed by atoms with van der Waals surface area (Å²) >= 11 is 1.02. The Bertz CT molecular complexity index is 731. The van der Waals surface area contributed by atoms with E-state index in [9.17, 15) is 18.0 Å². The molecule has 128 valence electrons. The van der Waals surface area contributed by atoms with Crippen molar-refractivity contribution in [2.24, 2.45) is 0 Å². The molecule has 1 fully saturated rings. The molecule has 2 aromatic rings. The highest BCUT2D eigenvalue weighted by molar-refractivity contribution is 8.00. The maximum atomic E-state index is 13.0. The zero-order valence-corrected chi connectivity index (χ0v) is 13.6. The van der Waals surface area contributed by atoms with E-state index in [4.69, 9.17) is 4.74 Å². The fourth-order valence-electron chi connectivity index (χ4n) is 2.57. The van der Waals surface area contributed by atoms with Crippen molar-refractivity contribution in [3.05, 3.63) is 36.5 Å². The van der Waals surface area contributed by atoms with Crippen LogP contribution in [0.1, 0.15) is 13.3 Å². The van der Waals surface area contributed by atoms with Crippen LogP contribution in [0, 0.1) is 0 Å². The molecule has 2 heterocycles. The van der Waals surface area contributed by atoms with E-state index >= 15 is 0 Å². The highest BCUT2D eigenvalue weighted by Crippen LogP contribution is 2.35. The summed E-state index contributed by atoms with van der Waals surface area (Å²) in [7, 11) is 0. The standard InChI is InChI=1S/C16H15F3N2O2S/c1-10-7-13(14(22)23-10)24-15-20-8-12(11-5-3-2-4-6-11)21(15)9-16(17,18)19/h2-6,8,10,13H,7,9H2,1H3. The van der Waals surface area contributed by atoms with Gasteiger partial charge in [-0.2, -0.15) is 13.2 Å². The number of cyclic esters (lactones) is 1. The second-order valence-electron chi connectivity index (χ2n) is 5.58. The van der Waals surface area contributed by atoms with Gasteiger partial charge in [0.2, 0.25) is 0 Å². The van der Waals surface area contributed by atoms with Crippen LogP contribution in [-0.4, -0.2) is 33.1 Å². The van der Waals surface area contributed by atoms with Crippen LogP contribution in [0.3, 0.4) is 0 Å². The second kappa shape index (κ2) is 6.51. The van der Waals surface area contributed by atoms with Gasteiger partial charge in [0.25, 0.3) is 0 Å². The van der Waals surface area contributed by atoms with Gasteiger partial charge < -0.3 is 9.30 Å². The van der Waals surface area contributed by atoms with Gasteiger partial charge in [-0.25, -0.2) is 4.98 Å². The largest absolute Gasteiger partial charge is 0.462 e. The average molecular weight is 356 g/mol. The Labute approximate surface area is 141 Å². The molecule has 1 aromatic heterocycles. The van der Waals surface area contributed by atoms with Crippen LogP contribution in [0.4, 0.5) is 13.2 Å². The summed E-state index contributed by atoms with van der Waals surface area (Å²) in [5.41, 5.74) is 1.01. The molecule has 2 unspecified atom stereocenters. The second-order valence-corrected chi connectivity index (χ2v) is 6.75. The number of esters is 1. The summed E-state index contributed by atoms with van der Waals surface area (Å²) < 4.78 is 45.2. The van der Waals surface area contributed by atoms with E-state index in [0.29, 0.717) is 17.7 Å². The van der Waals surface area contributed by atoms with E-state index in [1.54, 1.807) is 37.3 Å². The van der Waals surface area contributed by atoms with E-state index in [0.717, 1.165) is 16.3 Å². The molecule has 1 aromatic carbocycles. The predicted molar refractivity (Wildman–Crippen MR) is 83.5 cm³/mol. The number of ether oxygens (including phenoxy) is 1. The van der Waals surface area contributed by atoms with Gasteiger partial charge in [0.1, 0.15) is 17.9 Å². The smallest absolute Gasteiger partial charge is 0.406 e. The van der Waals surface area contributed by atoms with Crippen LogP contribution >= 0.6 is 11.8 Å². The lowest BCUT2D eigenvalue weighted by molar-refractivity contribution is -0.141. The molecule has 8 heteroatoms. The zero-order valence-electron chi connectivity index (χ0n) is 12.8. The van der Waals surface area contributed by atoms with E-state index in [1.165, 1.54) is 6.20 Å². The first-order chi connectivity index (χ1) is 11.3. The van der Waals surface area contributed by atoms with E-state index in [1.807, 2.05) is 0 Å². The number of imidazole rings is 1. The fraction of sp³-hybridized carbons (Fsp3) is 0.375. The van der Waals surface area contributed by atoms with Gasteiger partial charge >= 0.3 is 12.1 Å². The molecule has 0 aliphatic carbocycles. The normalized spacial score (nSPS) is 21.1. The number of thioether (sulfide) groups is 1. The SMILES string of the molecule is CC1CC(Sc2ncc(-c3ccccc3)n2CC(F)(F)F)C(=O)O1. The van der Waals surface area contributed by atoms with Crippen LogP contribution < -0.4 is 0 Å². The van der Waals surface area contributed by atoms with Crippen molar-refractivity contribution in [1.82, 2.24) is 9.55 Å². The summed E-state index contributed by atoms with van der Waals surface area (Å²) in [6.07, 6.45) is -2.74. The molecular formula is C16H15F3N2O2S. The molecule has 0 saturated carbocycles. The van der Waals surface area contributed by atoms with Crippen molar-refractivity contribution in [3.63, 3.8) is 0 Å². The van der Waals surface area contributed by atoms with Crippen LogP contribution in [0.2, 0.25) is 0 Å². The van der Waals surface area contributed by atoms with Gasteiger partial charge in [0, 0.05) is 6.42 Å². The molecule has 1 aliphatic heterocycles. The molecule has 3 rings (SSSR count). The third kappa shape index (κ3) is 3.75. The van der Waals surface area contributed by atoms with Crippen molar-refractivity contribution < 1.29 is 22.7 Å². The van der Waals surface area contributed by atoms with Gasteiger partial charge in [0.15, 0.2) is 5.16 Å². The number of aromatic nitrogens is 2. The first kappa shape index (κ1) is 16.9. The molecule has 1 aliphatic rings. The lowest BCUT2D eigenvalue weighted by Gasteiger charge is -2.15. The highest BCUT2D eigenvalue weighted by Gasteiger charge is 2.36. The molecule has 0 spiro atoms.